The predicted molar refractivity (Wildman–Crippen MR) is 87.8 cm³/mol. The first kappa shape index (κ1) is 17.6. The van der Waals surface area contributed by atoms with Crippen LogP contribution in [0.25, 0.3) is 0 Å². The van der Waals surface area contributed by atoms with Gasteiger partial charge in [0, 0.05) is 6.42 Å². The molecule has 0 aliphatic rings. The average Bonchev–Trinajstić information content (AvgIpc) is 2.56. The number of carbonyl (C=O) groups excluding carboxylic acids is 1. The Morgan fingerprint density at radius 3 is 2.29 bits per heavy atom. The molecule has 1 unspecified atom stereocenters. The number of carboxylic acid groups (broad SMARTS) is 1. The van der Waals surface area contributed by atoms with Crippen LogP contribution in [0.3, 0.4) is 0 Å². The number of nitrogens with one attached hydrogen (secondary N) is 1. The lowest BCUT2D eigenvalue weighted by atomic mass is 10.0. The lowest BCUT2D eigenvalue weighted by molar-refractivity contribution is -0.142. The molecule has 0 bridgehead atoms. The van der Waals surface area contributed by atoms with Gasteiger partial charge in [-0.1, -0.05) is 48.5 Å². The first-order valence-electron chi connectivity index (χ1n) is 7.53. The first-order chi connectivity index (χ1) is 11.5. The molecule has 0 aliphatic carbocycles. The highest BCUT2D eigenvalue weighted by atomic mass is 19.1. The van der Waals surface area contributed by atoms with Crippen LogP contribution in [0.5, 0.6) is 0 Å². The molecule has 6 heteroatoms. The molecule has 2 rings (SSSR count). The van der Waals surface area contributed by atoms with Crippen LogP contribution in [-0.2, 0) is 22.4 Å². The number of carbonyl (C=O) groups is 2. The van der Waals surface area contributed by atoms with E-state index in [1.165, 1.54) is 18.2 Å². The molecule has 0 spiro atoms. The second-order valence-electron chi connectivity index (χ2n) is 5.49. The van der Waals surface area contributed by atoms with E-state index in [4.69, 9.17) is 5.73 Å². The summed E-state index contributed by atoms with van der Waals surface area (Å²) >= 11 is 0. The van der Waals surface area contributed by atoms with E-state index >= 15 is 0 Å². The Balaban J connectivity index is 2.00. The molecule has 0 aliphatic heterocycles. The van der Waals surface area contributed by atoms with Gasteiger partial charge in [-0.3, -0.25) is 4.79 Å². The zero-order valence-electron chi connectivity index (χ0n) is 13.0. The fraction of sp³-hybridized carbons (Fsp3) is 0.222. The molecule has 0 heterocycles. The predicted octanol–water partition coefficient (Wildman–Crippen LogP) is 1.51. The van der Waals surface area contributed by atoms with Gasteiger partial charge >= 0.3 is 5.97 Å². The van der Waals surface area contributed by atoms with Crippen molar-refractivity contribution in [1.29, 1.82) is 0 Å². The quantitative estimate of drug-likeness (QED) is 0.717. The highest BCUT2D eigenvalue weighted by molar-refractivity contribution is 5.87. The van der Waals surface area contributed by atoms with Gasteiger partial charge in [-0.25, -0.2) is 9.18 Å². The van der Waals surface area contributed by atoms with Gasteiger partial charge in [0.1, 0.15) is 11.9 Å². The molecule has 24 heavy (non-hydrogen) atoms. The van der Waals surface area contributed by atoms with E-state index in [2.05, 4.69) is 5.32 Å². The van der Waals surface area contributed by atoms with Gasteiger partial charge in [-0.15, -0.1) is 0 Å². The largest absolute Gasteiger partial charge is 0.480 e. The van der Waals surface area contributed by atoms with Crippen molar-refractivity contribution >= 4 is 11.9 Å². The van der Waals surface area contributed by atoms with Crippen LogP contribution in [0.15, 0.2) is 54.6 Å². The van der Waals surface area contributed by atoms with Crippen LogP contribution < -0.4 is 11.1 Å². The maximum absolute atomic E-state index is 13.7. The molecule has 4 N–H and O–H groups in total. The first-order valence-corrected chi connectivity index (χ1v) is 7.53. The highest BCUT2D eigenvalue weighted by Gasteiger charge is 2.24. The molecule has 0 fully saturated rings. The van der Waals surface area contributed by atoms with Crippen molar-refractivity contribution in [2.24, 2.45) is 5.73 Å². The van der Waals surface area contributed by atoms with Crippen LogP contribution in [-0.4, -0.2) is 29.1 Å². The molecule has 0 saturated heterocycles. The Morgan fingerprint density at radius 1 is 1.04 bits per heavy atom. The summed E-state index contributed by atoms with van der Waals surface area (Å²) in [5.74, 6) is -2.33. The Bertz CT molecular complexity index is 706. The zero-order valence-corrected chi connectivity index (χ0v) is 13.0. The molecule has 1 amide bonds. The minimum Gasteiger partial charge on any atom is -0.480 e. The average molecular weight is 330 g/mol. The summed E-state index contributed by atoms with van der Waals surface area (Å²) in [5.41, 5.74) is 6.94. The molecule has 5 nitrogen and oxygen atoms in total. The minimum absolute atomic E-state index is 0.147. The van der Waals surface area contributed by atoms with Gasteiger partial charge in [0.25, 0.3) is 0 Å². The van der Waals surface area contributed by atoms with E-state index in [1.54, 1.807) is 6.07 Å². The van der Waals surface area contributed by atoms with Crippen molar-refractivity contribution in [3.05, 3.63) is 71.5 Å². The van der Waals surface area contributed by atoms with Crippen LogP contribution >= 0.6 is 0 Å². The second-order valence-corrected chi connectivity index (χ2v) is 5.49. The van der Waals surface area contributed by atoms with Gasteiger partial charge in [0.15, 0.2) is 0 Å². The van der Waals surface area contributed by atoms with Gasteiger partial charge in [-0.05, 0) is 23.6 Å². The normalized spacial score (nSPS) is 13.1. The molecule has 2 aromatic rings. The smallest absolute Gasteiger partial charge is 0.326 e. The molecule has 0 saturated carbocycles. The van der Waals surface area contributed by atoms with E-state index in [-0.39, 0.29) is 12.0 Å². The number of hydrogen-bond donors (Lipinski definition) is 3. The van der Waals surface area contributed by atoms with E-state index in [1.807, 2.05) is 30.3 Å². The summed E-state index contributed by atoms with van der Waals surface area (Å²) < 4.78 is 13.7. The SMILES string of the molecule is N[C@@H](Cc1ccccc1)C(=O)NC(Cc1ccccc1F)C(=O)O. The third kappa shape index (κ3) is 4.89. The van der Waals surface area contributed by atoms with E-state index in [9.17, 15) is 19.1 Å². The lowest BCUT2D eigenvalue weighted by Crippen LogP contribution is -2.50. The molecule has 2 aromatic carbocycles. The number of aliphatic carboxylic acids is 1. The fourth-order valence-electron chi connectivity index (χ4n) is 2.32. The molecule has 2 atom stereocenters. The molecule has 0 aromatic heterocycles. The third-order valence-corrected chi connectivity index (χ3v) is 3.63. The van der Waals surface area contributed by atoms with Gasteiger partial charge in [0.2, 0.25) is 5.91 Å². The zero-order chi connectivity index (χ0) is 17.5. The van der Waals surface area contributed by atoms with E-state index in [0.29, 0.717) is 6.42 Å². The number of rotatable bonds is 7. The Morgan fingerprint density at radius 2 is 1.67 bits per heavy atom. The number of carboxylic acids is 1. The summed E-state index contributed by atoms with van der Waals surface area (Å²) in [6.07, 6.45) is 0.143. The third-order valence-electron chi connectivity index (χ3n) is 3.63. The van der Waals surface area contributed by atoms with Crippen molar-refractivity contribution in [3.8, 4) is 0 Å². The van der Waals surface area contributed by atoms with Gasteiger partial charge in [-0.2, -0.15) is 0 Å². The number of amides is 1. The molecular formula is C18H19FN2O3. The number of benzene rings is 2. The maximum atomic E-state index is 13.7. The van der Waals surface area contributed by atoms with E-state index < -0.39 is 29.8 Å². The fourth-order valence-corrected chi connectivity index (χ4v) is 2.32. The van der Waals surface area contributed by atoms with Crippen molar-refractivity contribution in [2.75, 3.05) is 0 Å². The Hall–Kier alpha value is -2.73. The molecule has 126 valence electrons. The highest BCUT2D eigenvalue weighted by Crippen LogP contribution is 2.10. The van der Waals surface area contributed by atoms with Crippen molar-refractivity contribution < 1.29 is 19.1 Å². The maximum Gasteiger partial charge on any atom is 0.326 e. The summed E-state index contributed by atoms with van der Waals surface area (Å²) in [6.45, 7) is 0. The van der Waals surface area contributed by atoms with Crippen LogP contribution in [0.1, 0.15) is 11.1 Å². The van der Waals surface area contributed by atoms with Gasteiger partial charge in [0.05, 0.1) is 6.04 Å². The van der Waals surface area contributed by atoms with Crippen molar-refractivity contribution in [3.63, 3.8) is 0 Å². The molecule has 0 radical (unpaired) electrons. The van der Waals surface area contributed by atoms with Crippen LogP contribution in [0.4, 0.5) is 4.39 Å². The number of hydrogen-bond acceptors (Lipinski definition) is 3. The van der Waals surface area contributed by atoms with Gasteiger partial charge < -0.3 is 16.2 Å². The van der Waals surface area contributed by atoms with Crippen molar-refractivity contribution in [1.82, 2.24) is 5.32 Å². The standard InChI is InChI=1S/C18H19FN2O3/c19-14-9-5-4-8-13(14)11-16(18(23)24)21-17(22)15(20)10-12-6-2-1-3-7-12/h1-9,15-16H,10-11,20H2,(H,21,22)(H,23,24)/t15-,16?/m0/s1. The Kier molecular flexibility index (Phi) is 6.03. The number of nitrogens with two attached hydrogens (primary N) is 1. The van der Waals surface area contributed by atoms with E-state index in [0.717, 1.165) is 5.56 Å². The topological polar surface area (TPSA) is 92.4 Å². The van der Waals surface area contributed by atoms with Crippen molar-refractivity contribution in [2.45, 2.75) is 24.9 Å². The second kappa shape index (κ2) is 8.21. The lowest BCUT2D eigenvalue weighted by Gasteiger charge is -2.18. The summed E-state index contributed by atoms with van der Waals surface area (Å²) in [6, 6.07) is 12.9. The van der Waals surface area contributed by atoms with Crippen LogP contribution in [0, 0.1) is 5.82 Å². The number of halogens is 1. The summed E-state index contributed by atoms with van der Waals surface area (Å²) in [5, 5.41) is 11.6. The minimum atomic E-state index is -1.24. The Labute approximate surface area is 139 Å². The monoisotopic (exact) mass is 330 g/mol. The molecular weight excluding hydrogens is 311 g/mol. The summed E-state index contributed by atoms with van der Waals surface area (Å²) in [7, 11) is 0. The van der Waals surface area contributed by atoms with Crippen LogP contribution in [0.2, 0.25) is 0 Å². The summed E-state index contributed by atoms with van der Waals surface area (Å²) in [4.78, 5) is 23.5.